The zero-order valence-electron chi connectivity index (χ0n) is 22.2. The minimum atomic E-state index is -1.09. The lowest BCUT2D eigenvalue weighted by atomic mass is 10.1. The highest BCUT2D eigenvalue weighted by atomic mass is 16.6. The first-order valence-corrected chi connectivity index (χ1v) is 12.0. The monoisotopic (exact) mass is 562 g/mol. The van der Waals surface area contributed by atoms with Crippen LogP contribution < -0.4 is 0 Å². The Kier molecular flexibility index (Phi) is 18.8. The van der Waals surface area contributed by atoms with Gasteiger partial charge in [-0.25, -0.2) is 9.59 Å². The third-order valence-corrected chi connectivity index (χ3v) is 4.03. The van der Waals surface area contributed by atoms with E-state index in [1.807, 2.05) is 13.8 Å². The van der Waals surface area contributed by atoms with Gasteiger partial charge >= 0.3 is 47.8 Å². The van der Waals surface area contributed by atoms with Crippen LogP contribution in [0.3, 0.4) is 0 Å². The first-order valence-electron chi connectivity index (χ1n) is 12.0. The summed E-state index contributed by atoms with van der Waals surface area (Å²) in [5, 5.41) is 0. The molecule has 0 aromatic carbocycles. The molecule has 0 bridgehead atoms. The smallest absolute Gasteiger partial charge is 0.351 e. The lowest BCUT2D eigenvalue weighted by Gasteiger charge is -2.08. The van der Waals surface area contributed by atoms with Gasteiger partial charge in [-0.1, -0.05) is 13.8 Å². The zero-order chi connectivity index (χ0) is 29.6. The van der Waals surface area contributed by atoms with E-state index in [2.05, 4.69) is 14.2 Å². The Morgan fingerprint density at radius 2 is 0.897 bits per heavy atom. The van der Waals surface area contributed by atoms with Gasteiger partial charge in [-0.05, 0) is 12.3 Å². The van der Waals surface area contributed by atoms with Crippen LogP contribution in [-0.2, 0) is 71.5 Å². The van der Waals surface area contributed by atoms with Crippen LogP contribution in [0.25, 0.3) is 0 Å². The van der Waals surface area contributed by atoms with Gasteiger partial charge in [0.15, 0.2) is 13.2 Å². The van der Waals surface area contributed by atoms with Gasteiger partial charge in [0.25, 0.3) is 0 Å². The molecule has 0 aliphatic rings. The number of ether oxygens (including phenoxy) is 7. The van der Waals surface area contributed by atoms with Gasteiger partial charge in [0.2, 0.25) is 0 Å². The van der Waals surface area contributed by atoms with Crippen molar-refractivity contribution in [3.8, 4) is 0 Å². The summed E-state index contributed by atoms with van der Waals surface area (Å²) in [6.45, 7) is 2.34. The van der Waals surface area contributed by atoms with E-state index in [0.29, 0.717) is 12.8 Å². The molecule has 0 rings (SSSR count). The number of hydrogen-bond donors (Lipinski definition) is 0. The Balaban J connectivity index is 3.76. The Hall–Kier alpha value is -4.04. The van der Waals surface area contributed by atoms with Gasteiger partial charge in [-0.2, -0.15) is 0 Å². The molecular weight excluding hydrogens is 528 g/mol. The molecule has 0 amide bonds. The molecule has 0 unspecified atom stereocenters. The lowest BCUT2D eigenvalue weighted by molar-refractivity contribution is -0.168. The second-order valence-corrected chi connectivity index (χ2v) is 8.12. The van der Waals surface area contributed by atoms with Crippen molar-refractivity contribution in [2.24, 2.45) is 5.92 Å². The van der Waals surface area contributed by atoms with Crippen LogP contribution in [0, 0.1) is 5.92 Å². The summed E-state index contributed by atoms with van der Waals surface area (Å²) in [6.07, 6.45) is -0.286. The molecule has 0 heterocycles. The van der Waals surface area contributed by atoms with Gasteiger partial charge in [0.05, 0.1) is 25.9 Å². The summed E-state index contributed by atoms with van der Waals surface area (Å²) in [4.78, 5) is 90.6. The summed E-state index contributed by atoms with van der Waals surface area (Å²) in [5.74, 6) is -6.10. The third-order valence-electron chi connectivity index (χ3n) is 4.03. The average Bonchev–Trinajstić information content (AvgIpc) is 2.83. The Morgan fingerprint density at radius 3 is 1.38 bits per heavy atom. The lowest BCUT2D eigenvalue weighted by Crippen LogP contribution is -2.22. The van der Waals surface area contributed by atoms with E-state index in [1.54, 1.807) is 0 Å². The SMILES string of the molecule is CC(=O)OC(=O)COC(=O)COC(=O)CCOC(=O)CCOC(=O)CCOC(=O)CCCOC(=O)CC(C)C. The first kappa shape index (κ1) is 35.0. The predicted molar refractivity (Wildman–Crippen MR) is 125 cm³/mol. The summed E-state index contributed by atoms with van der Waals surface area (Å²) in [5.41, 5.74) is 0. The summed E-state index contributed by atoms with van der Waals surface area (Å²) >= 11 is 0. The standard InChI is InChI=1S/C24H34O15/c1-16(2)13-22(30)33-9-4-5-18(26)34-10-6-19(27)35-11-7-20(28)36-12-8-21(29)37-14-23(31)38-15-24(32)39-17(3)25/h16H,4-15H2,1-3H3. The van der Waals surface area contributed by atoms with E-state index >= 15 is 0 Å². The van der Waals surface area contributed by atoms with Crippen molar-refractivity contribution < 1.29 is 71.5 Å². The molecule has 15 heteroatoms. The fraction of sp³-hybridized carbons (Fsp3) is 0.667. The van der Waals surface area contributed by atoms with E-state index < -0.39 is 55.0 Å². The van der Waals surface area contributed by atoms with Crippen molar-refractivity contribution in [1.29, 1.82) is 0 Å². The van der Waals surface area contributed by atoms with Crippen molar-refractivity contribution in [3.05, 3.63) is 0 Å². The van der Waals surface area contributed by atoms with Gasteiger partial charge in [0.1, 0.15) is 19.8 Å². The maximum absolute atomic E-state index is 11.6. The molecule has 15 nitrogen and oxygen atoms in total. The molecule has 39 heavy (non-hydrogen) atoms. The van der Waals surface area contributed by atoms with Gasteiger partial charge < -0.3 is 33.2 Å². The molecule has 0 saturated heterocycles. The molecule has 0 N–H and O–H groups in total. The normalized spacial score (nSPS) is 10.2. The Bertz CT molecular complexity index is 862. The van der Waals surface area contributed by atoms with Crippen LogP contribution >= 0.6 is 0 Å². The minimum Gasteiger partial charge on any atom is -0.466 e. The molecule has 0 saturated carbocycles. The van der Waals surface area contributed by atoms with Crippen molar-refractivity contribution in [3.63, 3.8) is 0 Å². The molecular formula is C24H34O15. The second-order valence-electron chi connectivity index (χ2n) is 8.12. The largest absolute Gasteiger partial charge is 0.466 e. The fourth-order valence-electron chi connectivity index (χ4n) is 2.34. The molecule has 0 aromatic heterocycles. The van der Waals surface area contributed by atoms with Gasteiger partial charge in [-0.15, -0.1) is 0 Å². The highest BCUT2D eigenvalue weighted by molar-refractivity contribution is 5.86. The van der Waals surface area contributed by atoms with Gasteiger partial charge in [-0.3, -0.25) is 28.8 Å². The van der Waals surface area contributed by atoms with Gasteiger partial charge in [0, 0.05) is 19.8 Å². The number of carbonyl (C=O) groups excluding carboxylic acids is 8. The third kappa shape index (κ3) is 22.9. The minimum absolute atomic E-state index is 0.0200. The van der Waals surface area contributed by atoms with Crippen molar-refractivity contribution in [2.45, 2.75) is 59.3 Å². The van der Waals surface area contributed by atoms with E-state index in [9.17, 15) is 38.4 Å². The summed E-state index contributed by atoms with van der Waals surface area (Å²) < 4.78 is 32.6. The zero-order valence-corrected chi connectivity index (χ0v) is 22.2. The highest BCUT2D eigenvalue weighted by Gasteiger charge is 2.14. The second kappa shape index (κ2) is 21.0. The van der Waals surface area contributed by atoms with E-state index in [4.69, 9.17) is 18.9 Å². The van der Waals surface area contributed by atoms with Crippen molar-refractivity contribution in [2.75, 3.05) is 39.6 Å². The van der Waals surface area contributed by atoms with E-state index in [0.717, 1.165) is 6.92 Å². The van der Waals surface area contributed by atoms with Crippen LogP contribution in [0.2, 0.25) is 0 Å². The van der Waals surface area contributed by atoms with Crippen LogP contribution in [-0.4, -0.2) is 87.4 Å². The van der Waals surface area contributed by atoms with Crippen molar-refractivity contribution in [1.82, 2.24) is 0 Å². The number of carbonyl (C=O) groups is 8. The number of hydrogen-bond acceptors (Lipinski definition) is 15. The topological polar surface area (TPSA) is 201 Å². The Morgan fingerprint density at radius 1 is 0.487 bits per heavy atom. The number of esters is 8. The molecule has 0 aliphatic carbocycles. The molecule has 220 valence electrons. The van der Waals surface area contributed by atoms with Crippen LogP contribution in [0.15, 0.2) is 0 Å². The molecule has 0 radical (unpaired) electrons. The van der Waals surface area contributed by atoms with Crippen LogP contribution in [0.1, 0.15) is 59.3 Å². The predicted octanol–water partition coefficient (Wildman–Crippen LogP) is 0.332. The van der Waals surface area contributed by atoms with Crippen LogP contribution in [0.4, 0.5) is 0 Å². The van der Waals surface area contributed by atoms with E-state index in [-0.39, 0.29) is 64.0 Å². The summed E-state index contributed by atoms with van der Waals surface area (Å²) in [7, 11) is 0. The number of rotatable bonds is 19. The summed E-state index contributed by atoms with van der Waals surface area (Å²) in [6, 6.07) is 0. The molecule has 0 fully saturated rings. The quantitative estimate of drug-likeness (QED) is 0.0901. The highest BCUT2D eigenvalue weighted by Crippen LogP contribution is 2.03. The maximum atomic E-state index is 11.6. The maximum Gasteiger partial charge on any atom is 0.351 e. The molecule has 0 atom stereocenters. The molecule has 0 aromatic rings. The molecule has 0 aliphatic heterocycles. The van der Waals surface area contributed by atoms with E-state index in [1.165, 1.54) is 0 Å². The Labute approximate surface area is 224 Å². The average molecular weight is 563 g/mol. The first-order chi connectivity index (χ1) is 18.4. The fourth-order valence-corrected chi connectivity index (χ4v) is 2.34. The van der Waals surface area contributed by atoms with Crippen LogP contribution in [0.5, 0.6) is 0 Å². The van der Waals surface area contributed by atoms with Crippen molar-refractivity contribution >= 4 is 47.8 Å². The molecule has 0 spiro atoms.